The number of allylic oxidation sites excluding steroid dienone is 1. The van der Waals surface area contributed by atoms with Gasteiger partial charge in [-0.15, -0.1) is 6.58 Å². The topological polar surface area (TPSA) is 55.4 Å². The van der Waals surface area contributed by atoms with Gasteiger partial charge in [0, 0.05) is 0 Å². The average molecular weight is 325 g/mol. The average Bonchev–Trinajstić information content (AvgIpc) is 2.60. The molecular weight excluding hydrogens is 302 g/mol. The molecule has 2 aromatic rings. The minimum absolute atomic E-state index is 0.181. The summed E-state index contributed by atoms with van der Waals surface area (Å²) in [5.41, 5.74) is 0.918. The summed E-state index contributed by atoms with van der Waals surface area (Å²) in [6.45, 7) is 3.66. The van der Waals surface area contributed by atoms with Crippen molar-refractivity contribution in [2.24, 2.45) is 0 Å². The number of methoxy groups -OCH3 is 1. The lowest BCUT2D eigenvalue weighted by Crippen LogP contribution is -2.42. The van der Waals surface area contributed by atoms with Crippen LogP contribution in [-0.4, -0.2) is 25.0 Å². The van der Waals surface area contributed by atoms with E-state index >= 15 is 0 Å². The summed E-state index contributed by atoms with van der Waals surface area (Å²) in [5, 5.41) is 5.01. The Kier molecular flexibility index (Phi) is 6.55. The van der Waals surface area contributed by atoms with E-state index in [-0.39, 0.29) is 12.3 Å². The molecule has 4 nitrogen and oxygen atoms in total. The smallest absolute Gasteiger partial charge is 0.328 e. The number of rotatable bonds is 8. The predicted molar refractivity (Wildman–Crippen MR) is 95.6 cm³/mol. The van der Waals surface area contributed by atoms with Crippen molar-refractivity contribution < 1.29 is 14.3 Å². The first kappa shape index (κ1) is 17.7. The van der Waals surface area contributed by atoms with Crippen LogP contribution in [-0.2, 0) is 20.7 Å². The van der Waals surface area contributed by atoms with E-state index in [0.717, 1.165) is 29.2 Å². The molecular formula is C20H23NO3. The van der Waals surface area contributed by atoms with Crippen LogP contribution in [0.15, 0.2) is 55.1 Å². The summed E-state index contributed by atoms with van der Waals surface area (Å²) in [5.74, 6) is -0.592. The Hall–Kier alpha value is -2.62. The zero-order chi connectivity index (χ0) is 17.4. The fourth-order valence-electron chi connectivity index (χ4n) is 2.64. The highest BCUT2D eigenvalue weighted by molar-refractivity contribution is 5.87. The monoisotopic (exact) mass is 325 g/mol. The van der Waals surface area contributed by atoms with E-state index in [4.69, 9.17) is 4.74 Å². The summed E-state index contributed by atoms with van der Waals surface area (Å²) in [4.78, 5) is 24.1. The van der Waals surface area contributed by atoms with Gasteiger partial charge >= 0.3 is 5.97 Å². The molecule has 2 rings (SSSR count). The van der Waals surface area contributed by atoms with Gasteiger partial charge in [0.15, 0.2) is 0 Å². The number of benzene rings is 2. The van der Waals surface area contributed by atoms with Crippen molar-refractivity contribution >= 4 is 22.6 Å². The van der Waals surface area contributed by atoms with Crippen LogP contribution in [0.5, 0.6) is 0 Å². The number of hydrogen-bond acceptors (Lipinski definition) is 3. The van der Waals surface area contributed by atoms with Gasteiger partial charge in [-0.25, -0.2) is 4.79 Å². The van der Waals surface area contributed by atoms with Crippen molar-refractivity contribution in [3.05, 3.63) is 60.7 Å². The molecule has 0 aliphatic rings. The van der Waals surface area contributed by atoms with E-state index in [1.54, 1.807) is 6.08 Å². The number of fused-ring (bicyclic) bond motifs is 1. The summed E-state index contributed by atoms with van der Waals surface area (Å²) < 4.78 is 4.77. The SMILES string of the molecule is C=CCCC[C@H](NC(=O)Cc1ccc2ccccc2c1)C(=O)OC. The zero-order valence-electron chi connectivity index (χ0n) is 14.0. The van der Waals surface area contributed by atoms with Gasteiger partial charge in [0.25, 0.3) is 0 Å². The molecule has 0 fully saturated rings. The van der Waals surface area contributed by atoms with Crippen molar-refractivity contribution in [1.29, 1.82) is 0 Å². The number of unbranched alkanes of at least 4 members (excludes halogenated alkanes) is 1. The number of hydrogen-bond donors (Lipinski definition) is 1. The molecule has 0 saturated carbocycles. The second kappa shape index (κ2) is 8.87. The van der Waals surface area contributed by atoms with E-state index in [9.17, 15) is 9.59 Å². The van der Waals surface area contributed by atoms with Crippen molar-refractivity contribution in [2.75, 3.05) is 7.11 Å². The third-order valence-electron chi connectivity index (χ3n) is 3.90. The number of esters is 1. The molecule has 0 radical (unpaired) electrons. The van der Waals surface area contributed by atoms with E-state index in [2.05, 4.69) is 11.9 Å². The van der Waals surface area contributed by atoms with E-state index < -0.39 is 12.0 Å². The van der Waals surface area contributed by atoms with Crippen LogP contribution in [0.2, 0.25) is 0 Å². The van der Waals surface area contributed by atoms with E-state index in [1.165, 1.54) is 7.11 Å². The van der Waals surface area contributed by atoms with Crippen molar-refractivity contribution in [1.82, 2.24) is 5.32 Å². The third kappa shape index (κ3) is 4.95. The summed E-state index contributed by atoms with van der Waals surface area (Å²) >= 11 is 0. The van der Waals surface area contributed by atoms with Crippen molar-refractivity contribution in [3.63, 3.8) is 0 Å². The summed E-state index contributed by atoms with van der Waals surface area (Å²) in [7, 11) is 1.33. The second-order valence-corrected chi connectivity index (χ2v) is 5.72. The Bertz CT molecular complexity index is 724. The molecule has 1 amide bonds. The number of nitrogens with one attached hydrogen (secondary N) is 1. The Morgan fingerprint density at radius 1 is 1.21 bits per heavy atom. The van der Waals surface area contributed by atoms with E-state index in [1.807, 2.05) is 42.5 Å². The Morgan fingerprint density at radius 2 is 1.96 bits per heavy atom. The Balaban J connectivity index is 2.00. The molecule has 0 unspecified atom stereocenters. The molecule has 0 aliphatic carbocycles. The number of amides is 1. The molecule has 0 spiro atoms. The second-order valence-electron chi connectivity index (χ2n) is 5.72. The standard InChI is InChI=1S/C20H23NO3/c1-3-4-5-10-18(20(23)24-2)21-19(22)14-15-11-12-16-8-6-7-9-17(16)13-15/h3,6-9,11-13,18H,1,4-5,10,14H2,2H3,(H,21,22)/t18-/m0/s1. The van der Waals surface area contributed by atoms with Gasteiger partial charge in [-0.05, 0) is 35.6 Å². The normalized spacial score (nSPS) is 11.7. The molecule has 24 heavy (non-hydrogen) atoms. The molecule has 0 bridgehead atoms. The molecule has 4 heteroatoms. The van der Waals surface area contributed by atoms with Gasteiger partial charge in [0.1, 0.15) is 6.04 Å². The molecule has 0 saturated heterocycles. The lowest BCUT2D eigenvalue weighted by molar-refractivity contribution is -0.145. The highest BCUT2D eigenvalue weighted by Gasteiger charge is 2.20. The van der Waals surface area contributed by atoms with Gasteiger partial charge in [0.05, 0.1) is 13.5 Å². The predicted octanol–water partition coefficient (Wildman–Crippen LogP) is 3.40. The van der Waals surface area contributed by atoms with Crippen LogP contribution in [0.1, 0.15) is 24.8 Å². The maximum Gasteiger partial charge on any atom is 0.328 e. The quantitative estimate of drug-likeness (QED) is 0.460. The molecule has 1 atom stereocenters. The first-order valence-corrected chi connectivity index (χ1v) is 8.10. The van der Waals surface area contributed by atoms with E-state index in [0.29, 0.717) is 6.42 Å². The molecule has 0 aromatic heterocycles. The van der Waals surface area contributed by atoms with Gasteiger partial charge in [0.2, 0.25) is 5.91 Å². The zero-order valence-corrected chi connectivity index (χ0v) is 14.0. The largest absolute Gasteiger partial charge is 0.467 e. The van der Waals surface area contributed by atoms with Gasteiger partial charge in [-0.3, -0.25) is 4.79 Å². The van der Waals surface area contributed by atoms with Crippen LogP contribution in [0, 0.1) is 0 Å². The van der Waals surface area contributed by atoms with Gasteiger partial charge in [-0.2, -0.15) is 0 Å². The molecule has 126 valence electrons. The lowest BCUT2D eigenvalue weighted by atomic mass is 10.0. The molecule has 2 aromatic carbocycles. The van der Waals surface area contributed by atoms with Crippen LogP contribution < -0.4 is 5.32 Å². The number of carbonyl (C=O) groups is 2. The molecule has 0 aliphatic heterocycles. The van der Waals surface area contributed by atoms with Crippen LogP contribution in [0.4, 0.5) is 0 Å². The maximum atomic E-state index is 12.3. The summed E-state index contributed by atoms with van der Waals surface area (Å²) in [6.07, 6.45) is 4.15. The fourth-order valence-corrected chi connectivity index (χ4v) is 2.64. The fraction of sp³-hybridized carbons (Fsp3) is 0.300. The van der Waals surface area contributed by atoms with Crippen molar-refractivity contribution in [2.45, 2.75) is 31.7 Å². The minimum Gasteiger partial charge on any atom is -0.467 e. The maximum absolute atomic E-state index is 12.3. The third-order valence-corrected chi connectivity index (χ3v) is 3.90. The molecule has 0 heterocycles. The summed E-state index contributed by atoms with van der Waals surface area (Å²) in [6, 6.07) is 13.3. The van der Waals surface area contributed by atoms with Crippen LogP contribution >= 0.6 is 0 Å². The van der Waals surface area contributed by atoms with Crippen molar-refractivity contribution in [3.8, 4) is 0 Å². The Labute approximate surface area is 142 Å². The first-order valence-electron chi connectivity index (χ1n) is 8.10. The minimum atomic E-state index is -0.608. The molecule has 1 N–H and O–H groups in total. The van der Waals surface area contributed by atoms with Gasteiger partial charge < -0.3 is 10.1 Å². The Morgan fingerprint density at radius 3 is 2.67 bits per heavy atom. The number of carbonyl (C=O) groups excluding carboxylic acids is 2. The highest BCUT2D eigenvalue weighted by Crippen LogP contribution is 2.16. The van der Waals surface area contributed by atoms with Crippen LogP contribution in [0.3, 0.4) is 0 Å². The van der Waals surface area contributed by atoms with Gasteiger partial charge in [-0.1, -0.05) is 48.5 Å². The first-order chi connectivity index (χ1) is 11.6. The highest BCUT2D eigenvalue weighted by atomic mass is 16.5. The number of ether oxygens (including phenoxy) is 1. The lowest BCUT2D eigenvalue weighted by Gasteiger charge is -2.16. The van der Waals surface area contributed by atoms with Crippen LogP contribution in [0.25, 0.3) is 10.8 Å².